The van der Waals surface area contributed by atoms with Crippen LogP contribution < -0.4 is 5.32 Å². The molecule has 1 rings (SSSR count). The smallest absolute Gasteiger partial charge is 0.150 e. The van der Waals surface area contributed by atoms with Crippen molar-refractivity contribution in [2.75, 3.05) is 19.0 Å². The van der Waals surface area contributed by atoms with Gasteiger partial charge in [-0.2, -0.15) is 5.10 Å². The summed E-state index contributed by atoms with van der Waals surface area (Å²) in [7, 11) is 0.906. The molecule has 16 heavy (non-hydrogen) atoms. The van der Waals surface area contributed by atoms with Crippen molar-refractivity contribution in [1.29, 1.82) is 0 Å². The van der Waals surface area contributed by atoms with Gasteiger partial charge < -0.3 is 10.1 Å². The highest BCUT2D eigenvalue weighted by Gasteiger charge is 2.12. The van der Waals surface area contributed by atoms with Crippen LogP contribution in [0.4, 0.5) is 5.82 Å². The number of rotatable bonds is 6. The Morgan fingerprint density at radius 3 is 2.62 bits per heavy atom. The first-order valence-corrected chi connectivity index (χ1v) is 9.42. The lowest BCUT2D eigenvalue weighted by atomic mass is 10.4. The highest BCUT2D eigenvalue weighted by Crippen LogP contribution is 2.11. The highest BCUT2D eigenvalue weighted by molar-refractivity contribution is 6.76. The molecule has 0 radical (unpaired) electrons. The summed E-state index contributed by atoms with van der Waals surface area (Å²) in [5.74, 6) is 0.925. The number of anilines is 1. The summed E-state index contributed by atoms with van der Waals surface area (Å²) in [6.45, 7) is 10.5. The lowest BCUT2D eigenvalue weighted by molar-refractivity contribution is 0.0787. The summed E-state index contributed by atoms with van der Waals surface area (Å²) in [6.07, 6.45) is 2.00. The van der Waals surface area contributed by atoms with Gasteiger partial charge in [0.2, 0.25) is 0 Å². The van der Waals surface area contributed by atoms with Crippen LogP contribution in [0.5, 0.6) is 0 Å². The lowest BCUT2D eigenvalue weighted by Crippen LogP contribution is -2.22. The molecule has 0 aliphatic carbocycles. The predicted octanol–water partition coefficient (Wildman–Crippen LogP) is 2.55. The van der Waals surface area contributed by atoms with E-state index in [4.69, 9.17) is 4.74 Å². The van der Waals surface area contributed by atoms with E-state index in [9.17, 15) is 0 Å². The Morgan fingerprint density at radius 2 is 2.12 bits per heavy atom. The minimum atomic E-state index is -0.975. The predicted molar refractivity (Wildman–Crippen MR) is 70.6 cm³/mol. The third-order valence-electron chi connectivity index (χ3n) is 2.40. The fourth-order valence-electron chi connectivity index (χ4n) is 1.37. The molecule has 0 aromatic carbocycles. The van der Waals surface area contributed by atoms with Crippen LogP contribution in [0, 0.1) is 6.92 Å². The molecular weight excluding hydrogens is 218 g/mol. The molecule has 4 nitrogen and oxygen atoms in total. The average molecular weight is 241 g/mol. The first-order valence-electron chi connectivity index (χ1n) is 5.72. The van der Waals surface area contributed by atoms with E-state index in [0.29, 0.717) is 6.73 Å². The highest BCUT2D eigenvalue weighted by atomic mass is 28.3. The van der Waals surface area contributed by atoms with E-state index in [2.05, 4.69) is 30.1 Å². The minimum Gasteiger partial charge on any atom is -0.371 e. The molecule has 0 bridgehead atoms. The second kappa shape index (κ2) is 5.50. The zero-order valence-corrected chi connectivity index (χ0v) is 12.0. The molecule has 0 aliphatic rings. The molecule has 1 aromatic rings. The summed E-state index contributed by atoms with van der Waals surface area (Å²) in [5, 5.41) is 7.40. The summed E-state index contributed by atoms with van der Waals surface area (Å²) >= 11 is 0. The van der Waals surface area contributed by atoms with Gasteiger partial charge in [0.1, 0.15) is 6.73 Å². The van der Waals surface area contributed by atoms with Gasteiger partial charge in [-0.3, -0.25) is 0 Å². The second-order valence-electron chi connectivity index (χ2n) is 5.30. The molecule has 0 fully saturated rings. The van der Waals surface area contributed by atoms with E-state index < -0.39 is 8.07 Å². The molecule has 0 saturated carbocycles. The van der Waals surface area contributed by atoms with Crippen LogP contribution in [0.15, 0.2) is 6.20 Å². The second-order valence-corrected chi connectivity index (χ2v) is 10.9. The van der Waals surface area contributed by atoms with Crippen LogP contribution in [0.3, 0.4) is 0 Å². The van der Waals surface area contributed by atoms with E-state index >= 15 is 0 Å². The maximum absolute atomic E-state index is 5.62. The molecule has 0 atom stereocenters. The van der Waals surface area contributed by atoms with Crippen molar-refractivity contribution in [3.63, 3.8) is 0 Å². The van der Waals surface area contributed by atoms with Crippen LogP contribution in [0.2, 0.25) is 25.7 Å². The maximum atomic E-state index is 5.62. The molecule has 5 heteroatoms. The number of aromatic nitrogens is 2. The SMILES string of the molecule is CNc1nn(COCC[Si](C)(C)C)cc1C. The van der Waals surface area contributed by atoms with Crippen LogP contribution in [0.1, 0.15) is 5.56 Å². The number of hydrogen-bond donors (Lipinski definition) is 1. The van der Waals surface area contributed by atoms with Gasteiger partial charge >= 0.3 is 0 Å². The molecule has 0 spiro atoms. The quantitative estimate of drug-likeness (QED) is 0.614. The fourth-order valence-corrected chi connectivity index (χ4v) is 2.13. The average Bonchev–Trinajstić information content (AvgIpc) is 2.52. The molecule has 1 heterocycles. The van der Waals surface area contributed by atoms with Crippen molar-refractivity contribution >= 4 is 13.9 Å². The zero-order chi connectivity index (χ0) is 12.2. The van der Waals surface area contributed by atoms with Crippen molar-refractivity contribution < 1.29 is 4.74 Å². The van der Waals surface area contributed by atoms with E-state index in [-0.39, 0.29) is 0 Å². The molecular formula is C11H23N3OSi. The Morgan fingerprint density at radius 1 is 1.44 bits per heavy atom. The third-order valence-corrected chi connectivity index (χ3v) is 4.11. The third kappa shape index (κ3) is 4.36. The molecule has 0 saturated heterocycles. The zero-order valence-electron chi connectivity index (χ0n) is 11.0. The van der Waals surface area contributed by atoms with Gasteiger partial charge in [-0.25, -0.2) is 4.68 Å². The van der Waals surface area contributed by atoms with Crippen LogP contribution in [-0.2, 0) is 11.5 Å². The van der Waals surface area contributed by atoms with Crippen molar-refractivity contribution in [3.05, 3.63) is 11.8 Å². The van der Waals surface area contributed by atoms with Crippen LogP contribution in [-0.4, -0.2) is 31.5 Å². The van der Waals surface area contributed by atoms with E-state index in [0.717, 1.165) is 18.0 Å². The van der Waals surface area contributed by atoms with Gasteiger partial charge in [0.15, 0.2) is 5.82 Å². The van der Waals surface area contributed by atoms with Gasteiger partial charge in [-0.05, 0) is 13.0 Å². The van der Waals surface area contributed by atoms with Crippen LogP contribution in [0.25, 0.3) is 0 Å². The molecule has 0 aliphatic heterocycles. The lowest BCUT2D eigenvalue weighted by Gasteiger charge is -2.15. The minimum absolute atomic E-state index is 0.549. The Kier molecular flexibility index (Phi) is 4.55. The van der Waals surface area contributed by atoms with E-state index in [1.807, 2.05) is 24.9 Å². The van der Waals surface area contributed by atoms with Gasteiger partial charge in [0.05, 0.1) is 0 Å². The number of aryl methyl sites for hydroxylation is 1. The first kappa shape index (κ1) is 13.3. The summed E-state index contributed by atoms with van der Waals surface area (Å²) in [6, 6.07) is 1.20. The topological polar surface area (TPSA) is 39.1 Å². The van der Waals surface area contributed by atoms with Gasteiger partial charge in [0.25, 0.3) is 0 Å². The number of ether oxygens (including phenoxy) is 1. The number of nitrogens with one attached hydrogen (secondary N) is 1. The molecule has 0 amide bonds. The van der Waals surface area contributed by atoms with Crippen molar-refractivity contribution in [3.8, 4) is 0 Å². The summed E-state index contributed by atoms with van der Waals surface area (Å²) in [4.78, 5) is 0. The molecule has 1 aromatic heterocycles. The molecule has 92 valence electrons. The Labute approximate surface area is 99.0 Å². The Bertz CT molecular complexity index is 330. The van der Waals surface area contributed by atoms with Gasteiger partial charge in [0, 0.05) is 33.5 Å². The Hall–Kier alpha value is -0.813. The van der Waals surface area contributed by atoms with E-state index in [1.54, 1.807) is 0 Å². The van der Waals surface area contributed by atoms with Crippen molar-refractivity contribution in [2.24, 2.45) is 0 Å². The maximum Gasteiger partial charge on any atom is 0.150 e. The van der Waals surface area contributed by atoms with Crippen molar-refractivity contribution in [2.45, 2.75) is 39.3 Å². The van der Waals surface area contributed by atoms with Crippen molar-refractivity contribution in [1.82, 2.24) is 9.78 Å². The number of hydrogen-bond acceptors (Lipinski definition) is 3. The van der Waals surface area contributed by atoms with Gasteiger partial charge in [-0.15, -0.1) is 0 Å². The van der Waals surface area contributed by atoms with Gasteiger partial charge in [-0.1, -0.05) is 19.6 Å². The Balaban J connectivity index is 2.32. The van der Waals surface area contributed by atoms with Crippen LogP contribution >= 0.6 is 0 Å². The standard InChI is InChI=1S/C11H23N3OSi/c1-10-8-14(13-11(10)12-2)9-15-6-7-16(3,4)5/h8H,6-7,9H2,1-5H3,(H,12,13). The largest absolute Gasteiger partial charge is 0.371 e. The summed E-state index contributed by atoms with van der Waals surface area (Å²) < 4.78 is 7.45. The summed E-state index contributed by atoms with van der Waals surface area (Å²) in [5.41, 5.74) is 1.15. The fraction of sp³-hybridized carbons (Fsp3) is 0.727. The monoisotopic (exact) mass is 241 g/mol. The molecule has 0 unspecified atom stereocenters. The first-order chi connectivity index (χ1) is 7.42. The number of nitrogens with zero attached hydrogens (tertiary/aromatic N) is 2. The molecule has 1 N–H and O–H groups in total. The normalized spacial score (nSPS) is 11.8. The van der Waals surface area contributed by atoms with E-state index in [1.165, 1.54) is 6.04 Å².